The van der Waals surface area contributed by atoms with Gasteiger partial charge in [-0.25, -0.2) is 9.18 Å². The molecule has 22 heavy (non-hydrogen) atoms. The van der Waals surface area contributed by atoms with Gasteiger partial charge in [-0.3, -0.25) is 0 Å². The second-order valence-corrected chi connectivity index (χ2v) is 6.19. The van der Waals surface area contributed by atoms with Crippen LogP contribution in [-0.2, 0) is 4.79 Å². The molecule has 0 saturated heterocycles. The Morgan fingerprint density at radius 1 is 1.09 bits per heavy atom. The van der Waals surface area contributed by atoms with E-state index in [4.69, 9.17) is 4.74 Å². The number of hydrogen-bond donors (Lipinski definition) is 0. The number of halogens is 1. The summed E-state index contributed by atoms with van der Waals surface area (Å²) in [6, 6.07) is 11.1. The molecule has 0 fully saturated rings. The number of ether oxygens (including phenoxy) is 1. The van der Waals surface area contributed by atoms with E-state index in [1.165, 1.54) is 35.6 Å². The lowest BCUT2D eigenvalue weighted by molar-refractivity contribution is -0.127. The van der Waals surface area contributed by atoms with Crippen molar-refractivity contribution in [3.05, 3.63) is 74.9 Å². The van der Waals surface area contributed by atoms with Crippen LogP contribution in [0.1, 0.15) is 10.4 Å². The van der Waals surface area contributed by atoms with Crippen molar-refractivity contribution in [1.29, 1.82) is 0 Å². The zero-order valence-electron chi connectivity index (χ0n) is 11.4. The van der Waals surface area contributed by atoms with Crippen molar-refractivity contribution in [3.63, 3.8) is 0 Å². The Morgan fingerprint density at radius 2 is 1.91 bits per heavy atom. The molecule has 0 saturated carbocycles. The Balaban J connectivity index is 1.89. The number of rotatable bonds is 4. The van der Waals surface area contributed by atoms with E-state index in [1.807, 2.05) is 34.3 Å². The highest BCUT2D eigenvalue weighted by atomic mass is 32.1. The standard InChI is InChI=1S/C17H11FO2S2/c18-13-3-5-14(6-4-13)20-17(19)16(12-7-9-21-11-12)10-15-2-1-8-22-15/h1-11H/b16-10-. The van der Waals surface area contributed by atoms with E-state index in [0.29, 0.717) is 11.3 Å². The first-order chi connectivity index (χ1) is 10.7. The van der Waals surface area contributed by atoms with Crippen LogP contribution in [0, 0.1) is 5.82 Å². The molecule has 1 aromatic carbocycles. The molecule has 0 amide bonds. The van der Waals surface area contributed by atoms with E-state index >= 15 is 0 Å². The molecular formula is C17H11FO2S2. The van der Waals surface area contributed by atoms with Gasteiger partial charge in [0.2, 0.25) is 0 Å². The van der Waals surface area contributed by atoms with Crippen molar-refractivity contribution < 1.29 is 13.9 Å². The van der Waals surface area contributed by atoms with Crippen LogP contribution in [0.2, 0.25) is 0 Å². The molecule has 0 radical (unpaired) electrons. The first-order valence-electron chi connectivity index (χ1n) is 6.48. The zero-order valence-corrected chi connectivity index (χ0v) is 13.0. The summed E-state index contributed by atoms with van der Waals surface area (Å²) in [4.78, 5) is 13.4. The van der Waals surface area contributed by atoms with E-state index in [9.17, 15) is 9.18 Å². The Hall–Kier alpha value is -2.24. The smallest absolute Gasteiger partial charge is 0.344 e. The average molecular weight is 330 g/mol. The van der Waals surface area contributed by atoms with Crippen LogP contribution in [-0.4, -0.2) is 5.97 Å². The van der Waals surface area contributed by atoms with Crippen LogP contribution in [0.15, 0.2) is 58.6 Å². The molecule has 0 aliphatic rings. The van der Waals surface area contributed by atoms with Crippen molar-refractivity contribution in [2.24, 2.45) is 0 Å². The summed E-state index contributed by atoms with van der Waals surface area (Å²) in [5.74, 6) is -0.510. The monoisotopic (exact) mass is 330 g/mol. The van der Waals surface area contributed by atoms with Crippen molar-refractivity contribution in [3.8, 4) is 5.75 Å². The predicted molar refractivity (Wildman–Crippen MR) is 88.5 cm³/mol. The summed E-state index contributed by atoms with van der Waals surface area (Å²) in [5, 5.41) is 5.75. The third-order valence-electron chi connectivity index (χ3n) is 2.91. The lowest BCUT2D eigenvalue weighted by Gasteiger charge is -2.07. The largest absolute Gasteiger partial charge is 0.423 e. The van der Waals surface area contributed by atoms with Gasteiger partial charge in [-0.2, -0.15) is 11.3 Å². The minimum Gasteiger partial charge on any atom is -0.423 e. The molecule has 0 bridgehead atoms. The first-order valence-corrected chi connectivity index (χ1v) is 8.30. The van der Waals surface area contributed by atoms with Crippen molar-refractivity contribution in [2.45, 2.75) is 0 Å². The molecule has 0 atom stereocenters. The summed E-state index contributed by atoms with van der Waals surface area (Å²) in [6.45, 7) is 0. The zero-order chi connectivity index (χ0) is 15.4. The van der Waals surface area contributed by atoms with Crippen LogP contribution in [0.5, 0.6) is 5.75 Å². The Bertz CT molecular complexity index is 773. The normalized spacial score (nSPS) is 11.4. The lowest BCUT2D eigenvalue weighted by atomic mass is 10.1. The van der Waals surface area contributed by atoms with Crippen LogP contribution in [0.3, 0.4) is 0 Å². The van der Waals surface area contributed by atoms with Gasteiger partial charge >= 0.3 is 5.97 Å². The fourth-order valence-corrected chi connectivity index (χ4v) is 3.17. The molecule has 0 aliphatic heterocycles. The third-order valence-corrected chi connectivity index (χ3v) is 4.41. The summed E-state index contributed by atoms with van der Waals surface area (Å²) in [5.41, 5.74) is 1.29. The fraction of sp³-hybridized carbons (Fsp3) is 0. The molecule has 0 N–H and O–H groups in total. The quantitative estimate of drug-likeness (QED) is 0.378. The van der Waals surface area contributed by atoms with Gasteiger partial charge in [0.25, 0.3) is 0 Å². The summed E-state index contributed by atoms with van der Waals surface area (Å²) < 4.78 is 18.2. The number of benzene rings is 1. The number of carbonyl (C=O) groups excluding carboxylic acids is 1. The minimum atomic E-state index is -0.460. The van der Waals surface area contributed by atoms with Crippen LogP contribution < -0.4 is 4.74 Å². The Labute approximate surface area is 135 Å². The lowest BCUT2D eigenvalue weighted by Crippen LogP contribution is -2.10. The topological polar surface area (TPSA) is 26.3 Å². The minimum absolute atomic E-state index is 0.318. The number of thiophene rings is 2. The van der Waals surface area contributed by atoms with E-state index in [0.717, 1.165) is 10.4 Å². The SMILES string of the molecule is O=C(Oc1ccc(F)cc1)/C(=C\c1cccs1)c1ccsc1. The van der Waals surface area contributed by atoms with Crippen molar-refractivity contribution >= 4 is 40.3 Å². The van der Waals surface area contributed by atoms with Crippen molar-refractivity contribution in [1.82, 2.24) is 0 Å². The second kappa shape index (κ2) is 6.68. The molecule has 0 aliphatic carbocycles. The third kappa shape index (κ3) is 3.50. The molecule has 0 unspecified atom stereocenters. The molecule has 3 aromatic rings. The van der Waals surface area contributed by atoms with E-state index in [1.54, 1.807) is 17.4 Å². The van der Waals surface area contributed by atoms with Gasteiger partial charge in [0.15, 0.2) is 0 Å². The number of esters is 1. The summed E-state index contributed by atoms with van der Waals surface area (Å²) >= 11 is 3.06. The van der Waals surface area contributed by atoms with Gasteiger partial charge in [0.1, 0.15) is 11.6 Å². The molecule has 2 heterocycles. The average Bonchev–Trinajstić information content (AvgIpc) is 3.20. The van der Waals surface area contributed by atoms with E-state index in [2.05, 4.69) is 0 Å². The molecule has 0 spiro atoms. The molecule has 2 aromatic heterocycles. The van der Waals surface area contributed by atoms with Gasteiger partial charge < -0.3 is 4.74 Å². The van der Waals surface area contributed by atoms with Gasteiger partial charge in [-0.05, 0) is 64.2 Å². The number of carbonyl (C=O) groups is 1. The molecular weight excluding hydrogens is 319 g/mol. The van der Waals surface area contributed by atoms with Crippen molar-refractivity contribution in [2.75, 3.05) is 0 Å². The van der Waals surface area contributed by atoms with Crippen LogP contribution in [0.25, 0.3) is 11.6 Å². The predicted octanol–water partition coefficient (Wildman–Crippen LogP) is 5.09. The Morgan fingerprint density at radius 3 is 2.55 bits per heavy atom. The van der Waals surface area contributed by atoms with Gasteiger partial charge in [0.05, 0.1) is 5.57 Å². The second-order valence-electron chi connectivity index (χ2n) is 4.43. The van der Waals surface area contributed by atoms with Crippen LogP contribution in [0.4, 0.5) is 4.39 Å². The highest BCUT2D eigenvalue weighted by molar-refractivity contribution is 7.11. The van der Waals surface area contributed by atoms with E-state index < -0.39 is 5.97 Å². The van der Waals surface area contributed by atoms with E-state index in [-0.39, 0.29) is 5.82 Å². The highest BCUT2D eigenvalue weighted by Gasteiger charge is 2.15. The van der Waals surface area contributed by atoms with Gasteiger partial charge in [0, 0.05) is 4.88 Å². The van der Waals surface area contributed by atoms with Gasteiger partial charge in [-0.1, -0.05) is 6.07 Å². The first kappa shape index (κ1) is 14.7. The number of hydrogen-bond acceptors (Lipinski definition) is 4. The molecule has 2 nitrogen and oxygen atoms in total. The van der Waals surface area contributed by atoms with Gasteiger partial charge in [-0.15, -0.1) is 11.3 Å². The Kier molecular flexibility index (Phi) is 4.46. The fourth-order valence-electron chi connectivity index (χ4n) is 1.86. The molecule has 3 rings (SSSR count). The maximum atomic E-state index is 12.9. The maximum Gasteiger partial charge on any atom is 0.344 e. The van der Waals surface area contributed by atoms with Crippen LogP contribution >= 0.6 is 22.7 Å². The molecule has 110 valence electrons. The maximum absolute atomic E-state index is 12.9. The summed E-state index contributed by atoms with van der Waals surface area (Å²) in [7, 11) is 0. The highest BCUT2D eigenvalue weighted by Crippen LogP contribution is 2.25. The summed E-state index contributed by atoms with van der Waals surface area (Å²) in [6.07, 6.45) is 1.80. The molecule has 5 heteroatoms.